The van der Waals surface area contributed by atoms with Crippen molar-refractivity contribution >= 4 is 11.8 Å². The van der Waals surface area contributed by atoms with Gasteiger partial charge in [0, 0.05) is 38.8 Å². The number of Topliss-reactive ketones (excluding diaryl/α,β-unsaturated/α-hetero) is 1. The molecule has 0 aromatic heterocycles. The van der Waals surface area contributed by atoms with Crippen LogP contribution in [0.25, 0.3) is 0 Å². The third-order valence-corrected chi connectivity index (χ3v) is 3.50. The first kappa shape index (κ1) is 12.5. The van der Waals surface area contributed by atoms with Gasteiger partial charge in [-0.25, -0.2) is 0 Å². The Morgan fingerprint density at radius 2 is 1.94 bits per heavy atom. The van der Waals surface area contributed by atoms with Gasteiger partial charge in [0.1, 0.15) is 12.2 Å². The Morgan fingerprint density at radius 3 is 2.47 bits per heavy atom. The highest BCUT2D eigenvalue weighted by molar-refractivity contribution is 5.94. The van der Waals surface area contributed by atoms with Crippen molar-refractivity contribution in [3.63, 3.8) is 0 Å². The third kappa shape index (κ3) is 3.51. The minimum atomic E-state index is -0.395. The molecule has 5 nitrogen and oxygen atoms in total. The fourth-order valence-corrected chi connectivity index (χ4v) is 2.56. The molecule has 3 saturated heterocycles. The summed E-state index contributed by atoms with van der Waals surface area (Å²) in [6.45, 7) is 7.52. The summed E-state index contributed by atoms with van der Waals surface area (Å²) in [4.78, 5) is 26.8. The van der Waals surface area contributed by atoms with Gasteiger partial charge in [0.25, 0.3) is 0 Å². The zero-order valence-corrected chi connectivity index (χ0v) is 10.4. The second-order valence-corrected chi connectivity index (χ2v) is 4.88. The van der Waals surface area contributed by atoms with Crippen molar-refractivity contribution in [3.8, 4) is 0 Å². The normalized spacial score (nSPS) is 31.2. The number of fused-ring (bicyclic) bond motifs is 3. The maximum atomic E-state index is 11.2. The predicted molar refractivity (Wildman–Crippen MR) is 62.7 cm³/mol. The second kappa shape index (κ2) is 5.60. The van der Waals surface area contributed by atoms with Crippen LogP contribution >= 0.6 is 0 Å². The fraction of sp³-hybridized carbons (Fsp3) is 0.833. The van der Waals surface area contributed by atoms with Gasteiger partial charge in [-0.2, -0.15) is 0 Å². The molecule has 17 heavy (non-hydrogen) atoms. The number of carbonyl (C=O) groups is 2. The lowest BCUT2D eigenvalue weighted by molar-refractivity contribution is -0.146. The maximum absolute atomic E-state index is 11.2. The van der Waals surface area contributed by atoms with Gasteiger partial charge in [-0.05, 0) is 13.3 Å². The molecular weight excluding hydrogens is 220 g/mol. The Bertz CT molecular complexity index is 298. The van der Waals surface area contributed by atoms with Crippen LogP contribution in [0.1, 0.15) is 19.8 Å². The molecular formula is C12H20N2O3. The molecule has 96 valence electrons. The van der Waals surface area contributed by atoms with Gasteiger partial charge in [-0.3, -0.25) is 19.4 Å². The SMILES string of the molecule is CC(=O)CC(=O)OCCC1CN2CCN1CC2. The minimum Gasteiger partial charge on any atom is -0.465 e. The van der Waals surface area contributed by atoms with Gasteiger partial charge in [-0.15, -0.1) is 0 Å². The van der Waals surface area contributed by atoms with Crippen molar-refractivity contribution in [2.24, 2.45) is 0 Å². The number of piperazine rings is 3. The number of carbonyl (C=O) groups excluding carboxylic acids is 2. The van der Waals surface area contributed by atoms with Crippen LogP contribution in [-0.4, -0.2) is 66.9 Å². The average Bonchev–Trinajstić information content (AvgIpc) is 2.29. The number of esters is 1. The fourth-order valence-electron chi connectivity index (χ4n) is 2.56. The summed E-state index contributed by atoms with van der Waals surface area (Å²) in [5.74, 6) is -0.532. The number of nitrogens with zero attached hydrogens (tertiary/aromatic N) is 2. The van der Waals surface area contributed by atoms with Crippen molar-refractivity contribution in [2.75, 3.05) is 39.3 Å². The number of rotatable bonds is 5. The number of ketones is 1. The average molecular weight is 240 g/mol. The van der Waals surface area contributed by atoms with E-state index in [0.29, 0.717) is 12.6 Å². The van der Waals surface area contributed by atoms with Crippen molar-refractivity contribution < 1.29 is 14.3 Å². The monoisotopic (exact) mass is 240 g/mol. The van der Waals surface area contributed by atoms with Crippen molar-refractivity contribution in [3.05, 3.63) is 0 Å². The lowest BCUT2D eigenvalue weighted by atomic mass is 10.1. The molecule has 3 fully saturated rings. The Morgan fingerprint density at radius 1 is 1.24 bits per heavy atom. The molecule has 3 aliphatic rings. The molecule has 0 amide bonds. The summed E-state index contributed by atoms with van der Waals surface area (Å²) in [6.07, 6.45) is 0.778. The standard InChI is InChI=1S/C12H20N2O3/c1-10(15)8-12(16)17-7-2-11-9-13-3-5-14(11)6-4-13/h11H,2-9H2,1H3. The quantitative estimate of drug-likeness (QED) is 0.496. The molecule has 1 unspecified atom stereocenters. The summed E-state index contributed by atoms with van der Waals surface area (Å²) in [7, 11) is 0. The van der Waals surface area contributed by atoms with E-state index in [1.807, 2.05) is 0 Å². The lowest BCUT2D eigenvalue weighted by Gasteiger charge is -2.47. The van der Waals surface area contributed by atoms with Crippen LogP contribution in [-0.2, 0) is 14.3 Å². The first-order valence-corrected chi connectivity index (χ1v) is 6.26. The molecule has 1 atom stereocenters. The zero-order chi connectivity index (χ0) is 12.3. The van der Waals surface area contributed by atoms with Crippen molar-refractivity contribution in [1.29, 1.82) is 0 Å². The van der Waals surface area contributed by atoms with Gasteiger partial charge < -0.3 is 4.74 Å². The van der Waals surface area contributed by atoms with Crippen LogP contribution in [0, 0.1) is 0 Å². The maximum Gasteiger partial charge on any atom is 0.313 e. The second-order valence-electron chi connectivity index (χ2n) is 4.88. The summed E-state index contributed by atoms with van der Waals surface area (Å²) >= 11 is 0. The Balaban J connectivity index is 1.65. The third-order valence-electron chi connectivity index (χ3n) is 3.50. The molecule has 0 saturated carbocycles. The summed E-state index contributed by atoms with van der Waals surface area (Å²) < 4.78 is 5.06. The van der Waals surface area contributed by atoms with E-state index in [4.69, 9.17) is 4.74 Å². The van der Waals surface area contributed by atoms with Crippen LogP contribution in [0.15, 0.2) is 0 Å². The molecule has 0 radical (unpaired) electrons. The van der Waals surface area contributed by atoms with E-state index in [2.05, 4.69) is 9.80 Å². The molecule has 3 heterocycles. The Kier molecular flexibility index (Phi) is 4.12. The van der Waals surface area contributed by atoms with Gasteiger partial charge in [-0.1, -0.05) is 0 Å². The number of hydrogen-bond donors (Lipinski definition) is 0. The van der Waals surface area contributed by atoms with E-state index in [1.54, 1.807) is 0 Å². The molecule has 0 aromatic rings. The van der Waals surface area contributed by atoms with E-state index < -0.39 is 5.97 Å². The smallest absolute Gasteiger partial charge is 0.313 e. The molecule has 0 aliphatic carbocycles. The predicted octanol–water partition coefficient (Wildman–Crippen LogP) is -0.101. The molecule has 0 aromatic carbocycles. The summed E-state index contributed by atoms with van der Waals surface area (Å²) in [5.41, 5.74) is 0. The van der Waals surface area contributed by atoms with Crippen molar-refractivity contribution in [1.82, 2.24) is 9.80 Å². The number of ether oxygens (including phenoxy) is 1. The van der Waals surface area contributed by atoms with Gasteiger partial charge in [0.15, 0.2) is 0 Å². The van der Waals surface area contributed by atoms with Crippen LogP contribution in [0.2, 0.25) is 0 Å². The molecule has 3 aliphatic heterocycles. The molecule has 2 bridgehead atoms. The lowest BCUT2D eigenvalue weighted by Crippen LogP contribution is -2.61. The van der Waals surface area contributed by atoms with Gasteiger partial charge >= 0.3 is 5.97 Å². The van der Waals surface area contributed by atoms with Crippen LogP contribution in [0.4, 0.5) is 0 Å². The van der Waals surface area contributed by atoms with E-state index in [0.717, 1.165) is 26.1 Å². The zero-order valence-electron chi connectivity index (χ0n) is 10.4. The van der Waals surface area contributed by atoms with Crippen LogP contribution < -0.4 is 0 Å². The topological polar surface area (TPSA) is 49.9 Å². The highest BCUT2D eigenvalue weighted by Gasteiger charge is 2.31. The largest absolute Gasteiger partial charge is 0.465 e. The van der Waals surface area contributed by atoms with Gasteiger partial charge in [0.2, 0.25) is 0 Å². The van der Waals surface area contributed by atoms with E-state index in [-0.39, 0.29) is 12.2 Å². The highest BCUT2D eigenvalue weighted by Crippen LogP contribution is 2.17. The molecule has 5 heteroatoms. The minimum absolute atomic E-state index is 0.0967. The summed E-state index contributed by atoms with van der Waals surface area (Å²) in [5, 5.41) is 0. The molecule has 3 rings (SSSR count). The first-order chi connectivity index (χ1) is 8.15. The van der Waals surface area contributed by atoms with Gasteiger partial charge in [0.05, 0.1) is 6.61 Å². The number of hydrogen-bond acceptors (Lipinski definition) is 5. The van der Waals surface area contributed by atoms with E-state index in [1.165, 1.54) is 20.0 Å². The Labute approximate surface area is 102 Å². The van der Waals surface area contributed by atoms with Crippen molar-refractivity contribution in [2.45, 2.75) is 25.8 Å². The summed E-state index contributed by atoms with van der Waals surface area (Å²) in [6, 6.07) is 0.516. The highest BCUT2D eigenvalue weighted by atomic mass is 16.5. The van der Waals surface area contributed by atoms with E-state index >= 15 is 0 Å². The van der Waals surface area contributed by atoms with Crippen LogP contribution in [0.5, 0.6) is 0 Å². The van der Waals surface area contributed by atoms with E-state index in [9.17, 15) is 9.59 Å². The first-order valence-electron chi connectivity index (χ1n) is 6.26. The Hall–Kier alpha value is -0.940. The molecule has 0 N–H and O–H groups in total. The van der Waals surface area contributed by atoms with Crippen LogP contribution in [0.3, 0.4) is 0 Å². The molecule has 0 spiro atoms.